The molecule has 214 valence electrons. The molecule has 4 rings (SSSR count). The number of nitrogens with zero attached hydrogens (tertiary/aromatic N) is 3. The normalized spacial score (nSPS) is 37.2. The summed E-state index contributed by atoms with van der Waals surface area (Å²) in [7, 11) is -10.9. The van der Waals surface area contributed by atoms with E-state index in [9.17, 15) is 49.2 Å². The van der Waals surface area contributed by atoms with Gasteiger partial charge in [-0.1, -0.05) is 0 Å². The molecule has 2 aromatic heterocycles. The van der Waals surface area contributed by atoms with E-state index >= 15 is 0 Å². The van der Waals surface area contributed by atoms with Gasteiger partial charge in [0.1, 0.15) is 36.6 Å². The number of hydrogen-bond donors (Lipinski definition) is 9. The number of aromatic amines is 1. The average Bonchev–Trinajstić information content (AvgIpc) is 3.35. The third kappa shape index (κ3) is 5.83. The van der Waals surface area contributed by atoms with Crippen LogP contribution in [0, 0.1) is 0 Å². The Morgan fingerprint density at radius 1 is 1.05 bits per heavy atom. The van der Waals surface area contributed by atoms with E-state index in [2.05, 4.69) is 28.3 Å². The topological polar surface area (TPSA) is 311 Å². The van der Waals surface area contributed by atoms with Gasteiger partial charge in [0.25, 0.3) is 5.56 Å². The highest BCUT2D eigenvalue weighted by molar-refractivity contribution is 7.61. The molecule has 2 aliphatic rings. The van der Waals surface area contributed by atoms with Crippen LogP contribution in [-0.2, 0) is 32.0 Å². The predicted molar refractivity (Wildman–Crippen MR) is 119 cm³/mol. The zero-order chi connectivity index (χ0) is 28.2. The number of nitrogens with one attached hydrogen (secondary N) is 1. The Morgan fingerprint density at radius 2 is 1.74 bits per heavy atom. The number of H-pyrrole nitrogens is 1. The largest absolute Gasteiger partial charge is 0.483 e. The maximum absolute atomic E-state index is 12.3. The number of aromatic nitrogens is 4. The zero-order valence-electron chi connectivity index (χ0n) is 19.2. The highest BCUT2D eigenvalue weighted by atomic mass is 31.3. The van der Waals surface area contributed by atoms with Crippen molar-refractivity contribution in [2.75, 3.05) is 12.3 Å². The summed E-state index contributed by atoms with van der Waals surface area (Å²) >= 11 is 0. The molecular weight excluding hydrogens is 564 g/mol. The molecule has 2 unspecified atom stereocenters. The second-order valence-electron chi connectivity index (χ2n) is 8.42. The van der Waals surface area contributed by atoms with Crippen molar-refractivity contribution in [2.45, 2.75) is 62.2 Å². The average molecular weight is 589 g/mol. The lowest BCUT2D eigenvalue weighted by Crippen LogP contribution is -2.57. The van der Waals surface area contributed by atoms with Crippen molar-refractivity contribution in [1.29, 1.82) is 0 Å². The van der Waals surface area contributed by atoms with Crippen LogP contribution >= 0.6 is 15.6 Å². The molecule has 11 atom stereocenters. The van der Waals surface area contributed by atoms with Gasteiger partial charge in [0.2, 0.25) is 5.95 Å². The van der Waals surface area contributed by atoms with E-state index in [1.807, 2.05) is 0 Å². The number of nitrogen functional groups attached to an aromatic ring is 1. The molecule has 0 bridgehead atoms. The molecule has 0 radical (unpaired) electrons. The first kappa shape index (κ1) is 29.1. The minimum Gasteiger partial charge on any atom is -0.388 e. The number of rotatable bonds is 8. The molecule has 2 aliphatic heterocycles. The summed E-state index contributed by atoms with van der Waals surface area (Å²) in [6, 6.07) is 0. The quantitative estimate of drug-likeness (QED) is 0.134. The summed E-state index contributed by atoms with van der Waals surface area (Å²) < 4.78 is 49.3. The molecule has 0 saturated carbocycles. The van der Waals surface area contributed by atoms with Crippen molar-refractivity contribution in [3.63, 3.8) is 0 Å². The van der Waals surface area contributed by atoms with E-state index in [0.29, 0.717) is 0 Å². The summed E-state index contributed by atoms with van der Waals surface area (Å²) in [5.41, 5.74) is 4.59. The molecule has 4 heterocycles. The fourth-order valence-electron chi connectivity index (χ4n) is 3.80. The van der Waals surface area contributed by atoms with E-state index in [0.717, 1.165) is 10.9 Å². The van der Waals surface area contributed by atoms with Crippen LogP contribution in [0.25, 0.3) is 11.2 Å². The zero-order valence-corrected chi connectivity index (χ0v) is 21.0. The number of aliphatic hydroxyl groups is 5. The molecule has 2 saturated heterocycles. The number of anilines is 1. The highest BCUT2D eigenvalue weighted by Crippen LogP contribution is 2.61. The Bertz CT molecular complexity index is 1320. The third-order valence-corrected chi connectivity index (χ3v) is 8.32. The molecule has 2 aromatic rings. The number of aliphatic hydroxyl groups excluding tert-OH is 5. The van der Waals surface area contributed by atoms with E-state index in [1.54, 1.807) is 0 Å². The number of phosphoric ester groups is 2. The molecule has 10 N–H and O–H groups in total. The Morgan fingerprint density at radius 3 is 2.42 bits per heavy atom. The first-order valence-electron chi connectivity index (χ1n) is 10.7. The third-order valence-electron chi connectivity index (χ3n) is 5.72. The van der Waals surface area contributed by atoms with Crippen LogP contribution < -0.4 is 11.3 Å². The summed E-state index contributed by atoms with van der Waals surface area (Å²) in [5.74, 6) is -0.266. The van der Waals surface area contributed by atoms with E-state index in [-0.39, 0.29) is 17.1 Å². The summed E-state index contributed by atoms with van der Waals surface area (Å²) in [6.07, 6.45) is -13.8. The van der Waals surface area contributed by atoms with Gasteiger partial charge in [-0.25, -0.2) is 14.1 Å². The Hall–Kier alpha value is -1.87. The van der Waals surface area contributed by atoms with Crippen LogP contribution in [0.4, 0.5) is 5.95 Å². The Balaban J connectivity index is 1.39. The smallest absolute Gasteiger partial charge is 0.388 e. The van der Waals surface area contributed by atoms with Crippen LogP contribution in [0.2, 0.25) is 0 Å². The van der Waals surface area contributed by atoms with Gasteiger partial charge in [-0.2, -0.15) is 9.29 Å². The van der Waals surface area contributed by atoms with Crippen molar-refractivity contribution in [3.05, 3.63) is 16.7 Å². The molecule has 22 heteroatoms. The maximum Gasteiger partial charge on any atom is 0.483 e. The van der Waals surface area contributed by atoms with E-state index < -0.39 is 83.1 Å². The Labute approximate surface area is 211 Å². The second-order valence-corrected chi connectivity index (χ2v) is 11.4. The minimum absolute atomic E-state index is 0.0994. The SMILES string of the molecule is C[C@@H]1O[C@H](OP(=O)(O)OP(=O)(O)OC[C@H]2O[C@@H](n3cnc4c(=O)[nH]c(N)nc43)[C@H](O)[C@@H]2O)[C@@H](O)[C@H](O)[C@@H]1O. The van der Waals surface area contributed by atoms with Gasteiger partial charge in [0, 0.05) is 0 Å². The first-order valence-corrected chi connectivity index (χ1v) is 13.7. The van der Waals surface area contributed by atoms with Crippen LogP contribution in [0.1, 0.15) is 13.2 Å². The molecule has 0 aliphatic carbocycles. The number of ether oxygens (including phenoxy) is 2. The number of nitrogens with two attached hydrogens (primary N) is 1. The van der Waals surface area contributed by atoms with Crippen LogP contribution in [0.5, 0.6) is 0 Å². The fraction of sp³-hybridized carbons (Fsp3) is 0.688. The molecule has 0 spiro atoms. The molecular formula is C16H25N5O15P2. The second kappa shape index (κ2) is 10.6. The number of hydrogen-bond acceptors (Lipinski definition) is 16. The van der Waals surface area contributed by atoms with Gasteiger partial charge in [-0.05, 0) is 6.92 Å². The lowest BCUT2D eigenvalue weighted by molar-refractivity contribution is -0.271. The van der Waals surface area contributed by atoms with E-state index in [1.165, 1.54) is 6.92 Å². The molecule has 38 heavy (non-hydrogen) atoms. The number of phosphoric acid groups is 2. The molecule has 0 aromatic carbocycles. The highest BCUT2D eigenvalue weighted by Gasteiger charge is 2.49. The molecule has 0 amide bonds. The monoisotopic (exact) mass is 589 g/mol. The Kier molecular flexibility index (Phi) is 8.12. The van der Waals surface area contributed by atoms with Crippen molar-refractivity contribution in [2.24, 2.45) is 0 Å². The van der Waals surface area contributed by atoms with Gasteiger partial charge < -0.3 is 50.5 Å². The summed E-state index contributed by atoms with van der Waals surface area (Å²) in [6.45, 7) is 0.291. The molecule has 20 nitrogen and oxygen atoms in total. The standard InChI is InChI=1S/C16H25N5O15P2/c1-4-7(22)9(24)11(26)15(33-4)35-38(30,31)36-37(28,29)32-2-5-8(23)10(25)14(34-5)21-3-18-6-12(21)19-16(17)20-13(6)27/h3-5,7-11,14-15,22-26H,2H2,1H3,(H,28,29)(H,30,31)(H3,17,19,20,27)/t4-,5+,7+,8+,9+,10+,11-,14+,15+/m0/s1. The van der Waals surface area contributed by atoms with Crippen molar-refractivity contribution >= 4 is 32.8 Å². The summed E-state index contributed by atoms with van der Waals surface area (Å²) in [5, 5.41) is 50.0. The van der Waals surface area contributed by atoms with Crippen molar-refractivity contribution in [1.82, 2.24) is 19.5 Å². The lowest BCUT2D eigenvalue weighted by atomic mass is 10.0. The van der Waals surface area contributed by atoms with Gasteiger partial charge in [-0.3, -0.25) is 23.4 Å². The van der Waals surface area contributed by atoms with Gasteiger partial charge in [0.05, 0.1) is 19.0 Å². The molecule has 2 fully saturated rings. The number of imidazole rings is 1. The van der Waals surface area contributed by atoms with Crippen LogP contribution in [0.15, 0.2) is 11.1 Å². The van der Waals surface area contributed by atoms with E-state index in [4.69, 9.17) is 15.2 Å². The van der Waals surface area contributed by atoms with Gasteiger partial charge >= 0.3 is 15.6 Å². The van der Waals surface area contributed by atoms with Crippen molar-refractivity contribution < 1.29 is 67.3 Å². The fourth-order valence-corrected chi connectivity index (χ4v) is 5.96. The minimum atomic E-state index is -5.50. The number of fused-ring (bicyclic) bond motifs is 1. The first-order chi connectivity index (χ1) is 17.6. The van der Waals surface area contributed by atoms with Crippen LogP contribution in [0.3, 0.4) is 0 Å². The lowest BCUT2D eigenvalue weighted by Gasteiger charge is -2.38. The van der Waals surface area contributed by atoms with Crippen molar-refractivity contribution in [3.8, 4) is 0 Å². The van der Waals surface area contributed by atoms with Gasteiger partial charge in [-0.15, -0.1) is 0 Å². The summed E-state index contributed by atoms with van der Waals surface area (Å²) in [4.78, 5) is 41.7. The van der Waals surface area contributed by atoms with Crippen LogP contribution in [-0.4, -0.2) is 110 Å². The maximum atomic E-state index is 12.3. The predicted octanol–water partition coefficient (Wildman–Crippen LogP) is -3.60. The van der Waals surface area contributed by atoms with Gasteiger partial charge in [0.15, 0.2) is 23.7 Å².